The number of benzene rings is 2. The van der Waals surface area contributed by atoms with Crippen molar-refractivity contribution in [3.63, 3.8) is 0 Å². The van der Waals surface area contributed by atoms with E-state index in [4.69, 9.17) is 18.6 Å². The normalized spacial score (nSPS) is 11.9. The summed E-state index contributed by atoms with van der Waals surface area (Å²) in [6.07, 6.45) is 0.356. The van der Waals surface area contributed by atoms with Gasteiger partial charge in [0.05, 0.1) is 12.5 Å². The number of ether oxygens (including phenoxy) is 3. The van der Waals surface area contributed by atoms with Gasteiger partial charge in [-0.15, -0.1) is 0 Å². The number of aliphatic hydroxyl groups is 1. The Hall–Kier alpha value is -3.52. The molecule has 32 heavy (non-hydrogen) atoms. The standard InChI is InChI=1S/C24H26O8/c1-4-5-18-17(8-9-21(29-3)24(18)28)23-11-20(27)19-7-6-16(10-22(19)32-23)31-13-15(26)12-30-14(2)25/h6-11,15,26,28H,4-5,12-13H2,1-3H3. The highest BCUT2D eigenvalue weighted by Crippen LogP contribution is 2.38. The molecule has 0 radical (unpaired) electrons. The Morgan fingerprint density at radius 2 is 1.94 bits per heavy atom. The SMILES string of the molecule is CCCc1c(-c2cc(=O)c3ccc(OCC(O)COC(C)=O)cc3o2)ccc(OC)c1O. The van der Waals surface area contributed by atoms with Gasteiger partial charge in [-0.05, 0) is 30.7 Å². The summed E-state index contributed by atoms with van der Waals surface area (Å²) in [6.45, 7) is 2.96. The largest absolute Gasteiger partial charge is 0.504 e. The Kier molecular flexibility index (Phi) is 7.37. The Morgan fingerprint density at radius 1 is 1.16 bits per heavy atom. The molecule has 0 saturated carbocycles. The van der Waals surface area contributed by atoms with Gasteiger partial charge in [-0.1, -0.05) is 13.3 Å². The number of aromatic hydroxyl groups is 1. The van der Waals surface area contributed by atoms with E-state index in [-0.39, 0.29) is 24.4 Å². The molecule has 0 aliphatic rings. The fourth-order valence-corrected chi connectivity index (χ4v) is 3.33. The van der Waals surface area contributed by atoms with Gasteiger partial charge in [-0.3, -0.25) is 9.59 Å². The number of phenols is 1. The number of esters is 1. The maximum atomic E-state index is 12.7. The van der Waals surface area contributed by atoms with Crippen LogP contribution in [-0.2, 0) is 16.0 Å². The molecule has 0 fully saturated rings. The Balaban J connectivity index is 1.94. The highest BCUT2D eigenvalue weighted by atomic mass is 16.5. The third-order valence-corrected chi connectivity index (χ3v) is 4.85. The van der Waals surface area contributed by atoms with E-state index >= 15 is 0 Å². The summed E-state index contributed by atoms with van der Waals surface area (Å²) in [7, 11) is 1.48. The summed E-state index contributed by atoms with van der Waals surface area (Å²) in [5, 5.41) is 20.8. The number of carbonyl (C=O) groups excluding carboxylic acids is 1. The summed E-state index contributed by atoms with van der Waals surface area (Å²) in [5.41, 5.74) is 1.31. The zero-order chi connectivity index (χ0) is 23.3. The highest BCUT2D eigenvalue weighted by Gasteiger charge is 2.17. The van der Waals surface area contributed by atoms with Crippen LogP contribution in [0.3, 0.4) is 0 Å². The van der Waals surface area contributed by atoms with E-state index in [2.05, 4.69) is 0 Å². The predicted octanol–water partition coefficient (Wildman–Crippen LogP) is 3.43. The number of fused-ring (bicyclic) bond motifs is 1. The summed E-state index contributed by atoms with van der Waals surface area (Å²) >= 11 is 0. The lowest BCUT2D eigenvalue weighted by molar-refractivity contribution is -0.144. The summed E-state index contributed by atoms with van der Waals surface area (Å²) in [4.78, 5) is 23.5. The van der Waals surface area contributed by atoms with E-state index < -0.39 is 12.1 Å². The molecule has 0 aliphatic carbocycles. The van der Waals surface area contributed by atoms with Gasteiger partial charge in [0.15, 0.2) is 16.9 Å². The molecule has 8 heteroatoms. The van der Waals surface area contributed by atoms with E-state index in [1.54, 1.807) is 30.3 Å². The number of aliphatic hydroxyl groups excluding tert-OH is 1. The highest BCUT2D eigenvalue weighted by molar-refractivity contribution is 5.81. The molecular weight excluding hydrogens is 416 g/mol. The number of phenolic OH excluding ortho intramolecular Hbond substituents is 1. The second-order valence-electron chi connectivity index (χ2n) is 7.29. The third-order valence-electron chi connectivity index (χ3n) is 4.85. The van der Waals surface area contributed by atoms with Crippen molar-refractivity contribution < 1.29 is 33.6 Å². The van der Waals surface area contributed by atoms with Crippen molar-refractivity contribution in [3.8, 4) is 28.6 Å². The quantitative estimate of drug-likeness (QED) is 0.484. The molecular formula is C24H26O8. The minimum Gasteiger partial charge on any atom is -0.504 e. The van der Waals surface area contributed by atoms with Crippen LogP contribution in [0.25, 0.3) is 22.3 Å². The molecule has 1 heterocycles. The molecule has 0 bridgehead atoms. The van der Waals surface area contributed by atoms with Gasteiger partial charge in [0.1, 0.15) is 36.4 Å². The van der Waals surface area contributed by atoms with E-state index in [1.807, 2.05) is 6.92 Å². The van der Waals surface area contributed by atoms with E-state index in [0.717, 1.165) is 6.42 Å². The number of methoxy groups -OCH3 is 1. The molecule has 8 nitrogen and oxygen atoms in total. The van der Waals surface area contributed by atoms with Crippen molar-refractivity contribution in [2.75, 3.05) is 20.3 Å². The minimum atomic E-state index is -0.994. The number of carbonyl (C=O) groups is 1. The van der Waals surface area contributed by atoms with E-state index in [9.17, 15) is 19.8 Å². The van der Waals surface area contributed by atoms with Crippen LogP contribution < -0.4 is 14.9 Å². The van der Waals surface area contributed by atoms with Crippen LogP contribution in [0.15, 0.2) is 45.6 Å². The smallest absolute Gasteiger partial charge is 0.302 e. The molecule has 170 valence electrons. The van der Waals surface area contributed by atoms with Crippen LogP contribution in [0, 0.1) is 0 Å². The molecule has 1 unspecified atom stereocenters. The van der Waals surface area contributed by atoms with Crippen molar-refractivity contribution in [2.24, 2.45) is 0 Å². The zero-order valence-corrected chi connectivity index (χ0v) is 18.2. The van der Waals surface area contributed by atoms with Crippen molar-refractivity contribution in [1.29, 1.82) is 0 Å². The predicted molar refractivity (Wildman–Crippen MR) is 118 cm³/mol. The summed E-state index contributed by atoms with van der Waals surface area (Å²) in [6, 6.07) is 9.50. The molecule has 0 saturated heterocycles. The van der Waals surface area contributed by atoms with E-state index in [0.29, 0.717) is 45.8 Å². The maximum absolute atomic E-state index is 12.7. The van der Waals surface area contributed by atoms with Gasteiger partial charge >= 0.3 is 5.97 Å². The first kappa shape index (κ1) is 23.1. The van der Waals surface area contributed by atoms with Gasteiger partial charge < -0.3 is 28.8 Å². The van der Waals surface area contributed by atoms with Crippen LogP contribution >= 0.6 is 0 Å². The van der Waals surface area contributed by atoms with Gasteiger partial charge in [-0.25, -0.2) is 0 Å². The lowest BCUT2D eigenvalue weighted by Crippen LogP contribution is -2.24. The fraction of sp³-hybridized carbons (Fsp3) is 0.333. The molecule has 3 rings (SSSR count). The Bertz CT molecular complexity index is 1160. The Morgan fingerprint density at radius 3 is 2.62 bits per heavy atom. The van der Waals surface area contributed by atoms with Crippen molar-refractivity contribution in [2.45, 2.75) is 32.8 Å². The van der Waals surface area contributed by atoms with Crippen LogP contribution in [-0.4, -0.2) is 42.6 Å². The first-order valence-corrected chi connectivity index (χ1v) is 10.2. The molecule has 2 N–H and O–H groups in total. The van der Waals surface area contributed by atoms with Gasteiger partial charge in [0.2, 0.25) is 0 Å². The molecule has 1 atom stereocenters. The third kappa shape index (κ3) is 5.20. The van der Waals surface area contributed by atoms with Gasteiger partial charge in [0, 0.05) is 30.2 Å². The van der Waals surface area contributed by atoms with Crippen LogP contribution in [0.2, 0.25) is 0 Å². The molecule has 3 aromatic rings. The lowest BCUT2D eigenvalue weighted by Gasteiger charge is -2.14. The van der Waals surface area contributed by atoms with Crippen LogP contribution in [0.1, 0.15) is 25.8 Å². The zero-order valence-electron chi connectivity index (χ0n) is 18.2. The molecule has 1 aromatic heterocycles. The lowest BCUT2D eigenvalue weighted by atomic mass is 9.99. The number of rotatable bonds is 9. The first-order chi connectivity index (χ1) is 15.3. The number of hydrogen-bond donors (Lipinski definition) is 2. The monoisotopic (exact) mass is 442 g/mol. The van der Waals surface area contributed by atoms with E-state index in [1.165, 1.54) is 20.1 Å². The number of hydrogen-bond acceptors (Lipinski definition) is 8. The van der Waals surface area contributed by atoms with Gasteiger partial charge in [-0.2, -0.15) is 0 Å². The second kappa shape index (κ2) is 10.2. The second-order valence-corrected chi connectivity index (χ2v) is 7.29. The van der Waals surface area contributed by atoms with Crippen LogP contribution in [0.5, 0.6) is 17.2 Å². The van der Waals surface area contributed by atoms with Crippen molar-refractivity contribution >= 4 is 16.9 Å². The van der Waals surface area contributed by atoms with Crippen molar-refractivity contribution in [3.05, 3.63) is 52.2 Å². The molecule has 2 aromatic carbocycles. The molecule has 0 amide bonds. The average Bonchev–Trinajstić information content (AvgIpc) is 2.77. The van der Waals surface area contributed by atoms with Gasteiger partial charge in [0.25, 0.3) is 0 Å². The summed E-state index contributed by atoms with van der Waals surface area (Å²) in [5.74, 6) is 0.579. The topological polar surface area (TPSA) is 115 Å². The maximum Gasteiger partial charge on any atom is 0.302 e. The average molecular weight is 442 g/mol. The summed E-state index contributed by atoms with van der Waals surface area (Å²) < 4.78 is 21.5. The minimum absolute atomic E-state index is 0.0217. The first-order valence-electron chi connectivity index (χ1n) is 10.2. The van der Waals surface area contributed by atoms with Crippen molar-refractivity contribution in [1.82, 2.24) is 0 Å². The Labute approximate surface area is 185 Å². The molecule has 0 aliphatic heterocycles. The van der Waals surface area contributed by atoms with Crippen LogP contribution in [0.4, 0.5) is 0 Å². The fourth-order valence-electron chi connectivity index (χ4n) is 3.33. The molecule has 0 spiro atoms.